The van der Waals surface area contributed by atoms with Crippen LogP contribution in [0.2, 0.25) is 0 Å². The summed E-state index contributed by atoms with van der Waals surface area (Å²) >= 11 is 0. The lowest BCUT2D eigenvalue weighted by Crippen LogP contribution is -2.05. The first-order valence-corrected chi connectivity index (χ1v) is 9.19. The van der Waals surface area contributed by atoms with E-state index in [9.17, 15) is 10.1 Å². The van der Waals surface area contributed by atoms with Crippen LogP contribution in [-0.2, 0) is 4.74 Å². The fourth-order valence-electron chi connectivity index (χ4n) is 3.25. The number of carbonyl (C=O) groups excluding carboxylic acids is 1. The first-order chi connectivity index (χ1) is 13.5. The van der Waals surface area contributed by atoms with Crippen LogP contribution in [0.25, 0.3) is 17.3 Å². The normalized spacial score (nSPS) is 11.1. The summed E-state index contributed by atoms with van der Waals surface area (Å²) in [5.41, 5.74) is 6.09. The molecule has 0 aliphatic carbocycles. The molecule has 140 valence electrons. The average molecular weight is 370 g/mol. The summed E-state index contributed by atoms with van der Waals surface area (Å²) in [7, 11) is 0. The SMILES string of the molecule is CCOC(=O)c1ccc(-n2c(C)cc(/C=C(\C#N)c3ccccc3)c2C)cc1. The fraction of sp³-hybridized carbons (Fsp3) is 0.167. The Morgan fingerprint density at radius 1 is 1.07 bits per heavy atom. The van der Waals surface area contributed by atoms with E-state index in [4.69, 9.17) is 4.74 Å². The molecule has 4 nitrogen and oxygen atoms in total. The molecule has 1 aromatic heterocycles. The molecule has 0 bridgehead atoms. The Balaban J connectivity index is 1.98. The molecule has 3 rings (SSSR count). The van der Waals surface area contributed by atoms with Gasteiger partial charge in [0.25, 0.3) is 0 Å². The van der Waals surface area contributed by atoms with Crippen molar-refractivity contribution in [2.24, 2.45) is 0 Å². The van der Waals surface area contributed by atoms with Gasteiger partial charge in [-0.15, -0.1) is 0 Å². The van der Waals surface area contributed by atoms with E-state index >= 15 is 0 Å². The van der Waals surface area contributed by atoms with Crippen molar-refractivity contribution in [3.63, 3.8) is 0 Å². The second-order valence-electron chi connectivity index (χ2n) is 6.47. The van der Waals surface area contributed by atoms with Crippen molar-refractivity contribution in [1.82, 2.24) is 4.57 Å². The molecule has 0 spiro atoms. The molecule has 0 atom stereocenters. The number of ether oxygens (including phenoxy) is 1. The minimum Gasteiger partial charge on any atom is -0.462 e. The van der Waals surface area contributed by atoms with Gasteiger partial charge in [-0.05, 0) is 68.3 Å². The van der Waals surface area contributed by atoms with Crippen molar-refractivity contribution in [1.29, 1.82) is 5.26 Å². The van der Waals surface area contributed by atoms with Crippen molar-refractivity contribution in [2.45, 2.75) is 20.8 Å². The third-order valence-corrected chi connectivity index (χ3v) is 4.61. The molecule has 2 aromatic carbocycles. The third kappa shape index (κ3) is 3.89. The topological polar surface area (TPSA) is 55.0 Å². The number of nitrogens with zero attached hydrogens (tertiary/aromatic N) is 2. The molecule has 0 aliphatic rings. The van der Waals surface area contributed by atoms with Crippen LogP contribution in [0, 0.1) is 25.2 Å². The molecule has 3 aromatic rings. The molecule has 0 amide bonds. The van der Waals surface area contributed by atoms with Gasteiger partial charge in [0, 0.05) is 17.1 Å². The van der Waals surface area contributed by atoms with E-state index < -0.39 is 0 Å². The van der Waals surface area contributed by atoms with E-state index in [1.54, 1.807) is 19.1 Å². The predicted molar refractivity (Wildman–Crippen MR) is 111 cm³/mol. The van der Waals surface area contributed by atoms with Crippen molar-refractivity contribution >= 4 is 17.6 Å². The van der Waals surface area contributed by atoms with Gasteiger partial charge < -0.3 is 9.30 Å². The monoisotopic (exact) mass is 370 g/mol. The molecule has 0 fully saturated rings. The number of allylic oxidation sites excluding steroid dienone is 1. The predicted octanol–water partition coefficient (Wildman–Crippen LogP) is 5.34. The van der Waals surface area contributed by atoms with E-state index in [2.05, 4.69) is 16.7 Å². The van der Waals surface area contributed by atoms with Gasteiger partial charge in [0.15, 0.2) is 0 Å². The summed E-state index contributed by atoms with van der Waals surface area (Å²) < 4.78 is 7.15. The van der Waals surface area contributed by atoms with Crippen molar-refractivity contribution in [3.8, 4) is 11.8 Å². The molecule has 1 heterocycles. The Kier molecular flexibility index (Phi) is 5.76. The van der Waals surface area contributed by atoms with Gasteiger partial charge in [0.2, 0.25) is 0 Å². The Hall–Kier alpha value is -3.58. The van der Waals surface area contributed by atoms with Gasteiger partial charge in [-0.2, -0.15) is 5.26 Å². The fourth-order valence-corrected chi connectivity index (χ4v) is 3.25. The Morgan fingerprint density at radius 2 is 1.75 bits per heavy atom. The van der Waals surface area contributed by atoms with E-state index in [1.165, 1.54) is 0 Å². The molecule has 28 heavy (non-hydrogen) atoms. The minimum atomic E-state index is -0.319. The second-order valence-corrected chi connectivity index (χ2v) is 6.47. The molecule has 0 unspecified atom stereocenters. The molecular weight excluding hydrogens is 348 g/mol. The van der Waals surface area contributed by atoms with Gasteiger partial charge in [0.1, 0.15) is 0 Å². The highest BCUT2D eigenvalue weighted by Crippen LogP contribution is 2.25. The van der Waals surface area contributed by atoms with Crippen LogP contribution in [-0.4, -0.2) is 17.1 Å². The second kappa shape index (κ2) is 8.41. The highest BCUT2D eigenvalue weighted by molar-refractivity contribution is 5.90. The van der Waals surface area contributed by atoms with E-state index in [0.29, 0.717) is 17.7 Å². The average Bonchev–Trinajstić information content (AvgIpc) is 3.00. The summed E-state index contributed by atoms with van der Waals surface area (Å²) in [5.74, 6) is -0.319. The van der Waals surface area contributed by atoms with Gasteiger partial charge in [-0.3, -0.25) is 0 Å². The highest BCUT2D eigenvalue weighted by Gasteiger charge is 2.12. The van der Waals surface area contributed by atoms with Crippen LogP contribution in [0.1, 0.15) is 39.8 Å². The molecule has 0 N–H and O–H groups in total. The highest BCUT2D eigenvalue weighted by atomic mass is 16.5. The summed E-state index contributed by atoms with van der Waals surface area (Å²) in [5, 5.41) is 9.58. The largest absolute Gasteiger partial charge is 0.462 e. The molecule has 0 saturated heterocycles. The van der Waals surface area contributed by atoms with Crippen LogP contribution in [0.3, 0.4) is 0 Å². The molecular formula is C24H22N2O2. The maximum absolute atomic E-state index is 11.9. The Labute approximate surface area is 165 Å². The van der Waals surface area contributed by atoms with E-state index in [0.717, 1.165) is 28.2 Å². The standard InChI is InChI=1S/C24H22N2O2/c1-4-28-24(27)20-10-12-23(13-11-20)26-17(2)14-21(18(26)3)15-22(16-25)19-8-6-5-7-9-19/h5-15H,4H2,1-3H3/b22-15+. The smallest absolute Gasteiger partial charge is 0.338 e. The third-order valence-electron chi connectivity index (χ3n) is 4.61. The Morgan fingerprint density at radius 3 is 2.36 bits per heavy atom. The zero-order chi connectivity index (χ0) is 20.1. The Bertz CT molecular complexity index is 1050. The van der Waals surface area contributed by atoms with Crippen LogP contribution >= 0.6 is 0 Å². The molecule has 0 aliphatic heterocycles. The number of hydrogen-bond donors (Lipinski definition) is 0. The number of nitriles is 1. The summed E-state index contributed by atoms with van der Waals surface area (Å²) in [6, 6.07) is 21.4. The first-order valence-electron chi connectivity index (χ1n) is 9.19. The number of hydrogen-bond acceptors (Lipinski definition) is 3. The number of rotatable bonds is 5. The summed E-state index contributed by atoms with van der Waals surface area (Å²) in [6.07, 6.45) is 1.92. The van der Waals surface area contributed by atoms with Crippen LogP contribution in [0.4, 0.5) is 0 Å². The molecule has 0 saturated carbocycles. The summed E-state index contributed by atoms with van der Waals surface area (Å²) in [4.78, 5) is 11.9. The maximum atomic E-state index is 11.9. The van der Waals surface area contributed by atoms with Crippen LogP contribution in [0.5, 0.6) is 0 Å². The lowest BCUT2D eigenvalue weighted by molar-refractivity contribution is 0.0526. The minimum absolute atomic E-state index is 0.319. The lowest BCUT2D eigenvalue weighted by Gasteiger charge is -2.10. The number of esters is 1. The zero-order valence-corrected chi connectivity index (χ0v) is 16.3. The van der Waals surface area contributed by atoms with E-state index in [1.807, 2.05) is 62.4 Å². The van der Waals surface area contributed by atoms with Crippen molar-refractivity contribution in [2.75, 3.05) is 6.61 Å². The maximum Gasteiger partial charge on any atom is 0.338 e. The number of carbonyl (C=O) groups is 1. The van der Waals surface area contributed by atoms with Crippen molar-refractivity contribution in [3.05, 3.63) is 88.7 Å². The first kappa shape index (κ1) is 19.2. The molecule has 0 radical (unpaired) electrons. The quantitative estimate of drug-likeness (QED) is 0.450. The number of benzene rings is 2. The zero-order valence-electron chi connectivity index (χ0n) is 16.3. The van der Waals surface area contributed by atoms with E-state index in [-0.39, 0.29) is 5.97 Å². The van der Waals surface area contributed by atoms with Crippen LogP contribution in [0.15, 0.2) is 60.7 Å². The number of aryl methyl sites for hydroxylation is 1. The lowest BCUT2D eigenvalue weighted by atomic mass is 10.0. The van der Waals surface area contributed by atoms with Crippen molar-refractivity contribution < 1.29 is 9.53 Å². The van der Waals surface area contributed by atoms with Gasteiger partial charge >= 0.3 is 5.97 Å². The number of aromatic nitrogens is 1. The summed E-state index contributed by atoms with van der Waals surface area (Å²) in [6.45, 7) is 6.20. The van der Waals surface area contributed by atoms with Gasteiger partial charge in [0.05, 0.1) is 23.8 Å². The van der Waals surface area contributed by atoms with Gasteiger partial charge in [-0.1, -0.05) is 30.3 Å². The van der Waals surface area contributed by atoms with Crippen LogP contribution < -0.4 is 0 Å². The molecule has 4 heteroatoms. The van der Waals surface area contributed by atoms with Gasteiger partial charge in [-0.25, -0.2) is 4.79 Å².